The fraction of sp³-hybridized carbons (Fsp3) is 0.179. The molecule has 0 saturated carbocycles. The number of aryl methyl sites for hydroxylation is 3. The van der Waals surface area contributed by atoms with E-state index in [2.05, 4.69) is 47.8 Å². The number of aromatic carboxylic acids is 1. The van der Waals surface area contributed by atoms with Crippen molar-refractivity contribution < 1.29 is 14.7 Å². The Labute approximate surface area is 198 Å². The Bertz CT molecular complexity index is 1530. The minimum atomic E-state index is -1.15. The van der Waals surface area contributed by atoms with E-state index in [1.807, 2.05) is 48.7 Å². The Hall–Kier alpha value is -4.19. The van der Waals surface area contributed by atoms with E-state index in [9.17, 15) is 14.7 Å². The summed E-state index contributed by atoms with van der Waals surface area (Å²) in [6.07, 6.45) is 5.67. The van der Waals surface area contributed by atoms with Crippen LogP contribution in [0.15, 0.2) is 73.2 Å². The Kier molecular flexibility index (Phi) is 6.32. The van der Waals surface area contributed by atoms with E-state index in [0.717, 1.165) is 23.1 Å². The lowest BCUT2D eigenvalue weighted by molar-refractivity contribution is 0.0692. The molecule has 0 radical (unpaired) electrons. The number of aromatic nitrogens is 3. The molecular weight excluding hydrogens is 426 g/mol. The van der Waals surface area contributed by atoms with Crippen LogP contribution < -0.4 is 0 Å². The number of para-hydroxylation sites is 1. The molecule has 34 heavy (non-hydrogen) atoms. The summed E-state index contributed by atoms with van der Waals surface area (Å²) in [6, 6.07) is 16.8. The lowest BCUT2D eigenvalue weighted by Crippen LogP contribution is -2.13. The first-order valence-corrected chi connectivity index (χ1v) is 11.2. The average Bonchev–Trinajstić information content (AvgIpc) is 3.30. The van der Waals surface area contributed by atoms with Gasteiger partial charge in [0.15, 0.2) is 0 Å². The minimum absolute atomic E-state index is 0.0258. The third kappa shape index (κ3) is 3.99. The topological polar surface area (TPSA) is 76.6 Å². The molecule has 0 spiro atoms. The van der Waals surface area contributed by atoms with E-state index in [1.54, 1.807) is 0 Å². The maximum atomic E-state index is 13.0. The first-order chi connectivity index (χ1) is 16.3. The first-order valence-electron chi connectivity index (χ1n) is 11.2. The third-order valence-corrected chi connectivity index (χ3v) is 6.23. The maximum Gasteiger partial charge on any atom is 0.338 e. The van der Waals surface area contributed by atoms with Gasteiger partial charge < -0.3 is 14.1 Å². The second-order valence-electron chi connectivity index (χ2n) is 8.19. The van der Waals surface area contributed by atoms with Crippen LogP contribution in [0.25, 0.3) is 16.4 Å². The zero-order valence-electron chi connectivity index (χ0n) is 19.7. The van der Waals surface area contributed by atoms with Crippen LogP contribution in [0.1, 0.15) is 50.2 Å². The van der Waals surface area contributed by atoms with Crippen LogP contribution in [0, 0.1) is 20.8 Å². The second kappa shape index (κ2) is 9.35. The van der Waals surface area contributed by atoms with Crippen molar-refractivity contribution in [3.8, 4) is 0 Å². The van der Waals surface area contributed by atoms with Crippen LogP contribution in [0.2, 0.25) is 0 Å². The fourth-order valence-electron chi connectivity index (χ4n) is 4.40. The summed E-state index contributed by atoms with van der Waals surface area (Å²) in [7, 11) is 0. The number of pyridine rings is 2. The predicted octanol–water partition coefficient (Wildman–Crippen LogP) is 5.85. The summed E-state index contributed by atoms with van der Waals surface area (Å²) in [5.74, 6) is -1.51. The van der Waals surface area contributed by atoms with Crippen molar-refractivity contribution in [3.63, 3.8) is 0 Å². The van der Waals surface area contributed by atoms with E-state index < -0.39 is 5.97 Å². The van der Waals surface area contributed by atoms with Gasteiger partial charge in [-0.2, -0.15) is 0 Å². The molecule has 1 aromatic carbocycles. The lowest BCUT2D eigenvalue weighted by Gasteiger charge is -2.06. The highest BCUT2D eigenvalue weighted by Crippen LogP contribution is 2.28. The molecule has 6 nitrogen and oxygen atoms in total. The monoisotopic (exact) mass is 453 g/mol. The lowest BCUT2D eigenvalue weighted by atomic mass is 10.0. The summed E-state index contributed by atoms with van der Waals surface area (Å²) >= 11 is 0. The average molecular weight is 454 g/mol. The second-order valence-corrected chi connectivity index (χ2v) is 8.19. The smallest absolute Gasteiger partial charge is 0.338 e. The number of ketones is 1. The normalized spacial score (nSPS) is 10.8. The molecule has 0 saturated heterocycles. The zero-order valence-corrected chi connectivity index (χ0v) is 19.7. The number of carboxylic acid groups (broad SMARTS) is 1. The number of benzene rings is 1. The number of carbonyl (C=O) groups is 2. The maximum absolute atomic E-state index is 13.0. The van der Waals surface area contributed by atoms with Gasteiger partial charge in [-0.1, -0.05) is 24.3 Å². The van der Waals surface area contributed by atoms with Crippen LogP contribution >= 0.6 is 0 Å². The zero-order chi connectivity index (χ0) is 24.4. The molecule has 5 aromatic rings. The van der Waals surface area contributed by atoms with Gasteiger partial charge in [0, 0.05) is 47.2 Å². The molecular formula is C28H27N3O3. The van der Waals surface area contributed by atoms with Crippen molar-refractivity contribution in [1.82, 2.24) is 14.0 Å². The molecule has 1 N–H and O–H groups in total. The molecule has 4 heterocycles. The van der Waals surface area contributed by atoms with Gasteiger partial charge >= 0.3 is 5.97 Å². The summed E-state index contributed by atoms with van der Waals surface area (Å²) in [6.45, 7) is 8.91. The van der Waals surface area contributed by atoms with Gasteiger partial charge in [-0.05, 0) is 69.2 Å². The molecule has 172 valence electrons. The molecule has 6 heteroatoms. The number of rotatable bonds is 4. The van der Waals surface area contributed by atoms with E-state index in [4.69, 9.17) is 0 Å². The number of fused-ring (bicyclic) bond motifs is 2. The van der Waals surface area contributed by atoms with Crippen molar-refractivity contribution in [2.75, 3.05) is 0 Å². The molecule has 0 aliphatic carbocycles. The number of carboxylic acids is 1. The van der Waals surface area contributed by atoms with Crippen molar-refractivity contribution in [1.29, 1.82) is 0 Å². The molecule has 5 rings (SSSR count). The van der Waals surface area contributed by atoms with Gasteiger partial charge in [-0.25, -0.2) is 4.79 Å². The van der Waals surface area contributed by atoms with E-state index >= 15 is 0 Å². The largest absolute Gasteiger partial charge is 0.478 e. The van der Waals surface area contributed by atoms with E-state index in [0.29, 0.717) is 5.56 Å². The Morgan fingerprint density at radius 3 is 2.35 bits per heavy atom. The summed E-state index contributed by atoms with van der Waals surface area (Å²) in [5.41, 5.74) is 6.24. The predicted molar refractivity (Wildman–Crippen MR) is 134 cm³/mol. The molecule has 0 aliphatic heterocycles. The van der Waals surface area contributed by atoms with Crippen molar-refractivity contribution in [3.05, 3.63) is 107 Å². The van der Waals surface area contributed by atoms with Crippen molar-refractivity contribution >= 4 is 28.2 Å². The van der Waals surface area contributed by atoms with Gasteiger partial charge in [-0.15, -0.1) is 0 Å². The van der Waals surface area contributed by atoms with Crippen LogP contribution in [0.5, 0.6) is 0 Å². The number of hydrogen-bond acceptors (Lipinski definition) is 3. The Morgan fingerprint density at radius 1 is 0.941 bits per heavy atom. The van der Waals surface area contributed by atoms with Gasteiger partial charge in [0.2, 0.25) is 5.78 Å². The van der Waals surface area contributed by atoms with Gasteiger partial charge in [0.25, 0.3) is 0 Å². The number of hydrogen-bond donors (Lipinski definition) is 1. The van der Waals surface area contributed by atoms with Crippen LogP contribution in [0.3, 0.4) is 0 Å². The van der Waals surface area contributed by atoms with Gasteiger partial charge in [-0.3, -0.25) is 9.78 Å². The van der Waals surface area contributed by atoms with Crippen molar-refractivity contribution in [2.45, 2.75) is 34.2 Å². The molecule has 0 fully saturated rings. The standard InChI is InChI=1S/C18H16N2O3.C10H11N/c1-3-20-11(2)15(12-7-4-5-9-14(12)20)17(21)16-13(18(22)23)8-6-10-19-16;1-8-7-11-6-4-3-5-10(11)9(8)2/h4-10H,3H2,1-2H3,(H,22,23);3-7H,1-2H3. The van der Waals surface area contributed by atoms with E-state index in [-0.39, 0.29) is 17.0 Å². The summed E-state index contributed by atoms with van der Waals surface area (Å²) in [4.78, 5) is 28.4. The highest BCUT2D eigenvalue weighted by atomic mass is 16.4. The van der Waals surface area contributed by atoms with Crippen LogP contribution in [-0.2, 0) is 6.54 Å². The van der Waals surface area contributed by atoms with E-state index in [1.165, 1.54) is 35.0 Å². The minimum Gasteiger partial charge on any atom is -0.478 e. The number of carbonyl (C=O) groups excluding carboxylic acids is 1. The van der Waals surface area contributed by atoms with Crippen molar-refractivity contribution in [2.24, 2.45) is 0 Å². The highest BCUT2D eigenvalue weighted by Gasteiger charge is 2.25. The van der Waals surface area contributed by atoms with Gasteiger partial charge in [0.05, 0.1) is 11.1 Å². The molecule has 0 aliphatic rings. The van der Waals surface area contributed by atoms with Gasteiger partial charge in [0.1, 0.15) is 5.69 Å². The van der Waals surface area contributed by atoms with Crippen LogP contribution in [-0.4, -0.2) is 30.8 Å². The Morgan fingerprint density at radius 2 is 1.65 bits per heavy atom. The molecule has 0 bridgehead atoms. The highest BCUT2D eigenvalue weighted by molar-refractivity contribution is 6.19. The fourth-order valence-corrected chi connectivity index (χ4v) is 4.40. The third-order valence-electron chi connectivity index (χ3n) is 6.23. The Balaban J connectivity index is 0.000000207. The SMILES string of the molecule is CCn1c(C)c(C(=O)c2ncccc2C(=O)O)c2ccccc21.Cc1cn2ccccc2c1C. The first kappa shape index (κ1) is 23.0. The molecule has 0 atom stereocenters. The molecule has 0 unspecified atom stereocenters. The number of nitrogens with zero attached hydrogens (tertiary/aromatic N) is 3. The quantitative estimate of drug-likeness (QED) is 0.346. The summed E-state index contributed by atoms with van der Waals surface area (Å²) < 4.78 is 4.20. The molecule has 4 aromatic heterocycles. The molecule has 0 amide bonds. The van der Waals surface area contributed by atoms with Crippen LogP contribution in [0.4, 0.5) is 0 Å². The summed E-state index contributed by atoms with van der Waals surface area (Å²) in [5, 5.41) is 10.1.